The molecule has 0 aromatic heterocycles. The van der Waals surface area contributed by atoms with Crippen molar-refractivity contribution in [3.05, 3.63) is 28.2 Å². The van der Waals surface area contributed by atoms with E-state index >= 15 is 0 Å². The molecule has 0 saturated heterocycles. The van der Waals surface area contributed by atoms with Crippen molar-refractivity contribution in [2.45, 2.75) is 44.2 Å². The lowest BCUT2D eigenvalue weighted by Gasteiger charge is -2.26. The molecule has 0 radical (unpaired) electrons. The highest BCUT2D eigenvalue weighted by Crippen LogP contribution is 2.37. The maximum Gasteiger partial charge on any atom is 0.573 e. The van der Waals surface area contributed by atoms with Gasteiger partial charge in [0.2, 0.25) is 0 Å². The fourth-order valence-corrected chi connectivity index (χ4v) is 3.15. The SMILES string of the molecule is N[C@H](c1cc(Br)ccc1OC(F)(F)F)[C@@H](O)C1CCCC1. The number of ether oxygens (including phenoxy) is 1. The number of nitrogens with two attached hydrogens (primary N) is 1. The van der Waals surface area contributed by atoms with Crippen LogP contribution in [0.5, 0.6) is 5.75 Å². The number of aliphatic hydroxyl groups excluding tert-OH is 1. The lowest BCUT2D eigenvalue weighted by molar-refractivity contribution is -0.275. The van der Waals surface area contributed by atoms with E-state index < -0.39 is 18.5 Å². The number of hydrogen-bond donors (Lipinski definition) is 2. The molecule has 0 unspecified atom stereocenters. The second kappa shape index (κ2) is 6.54. The van der Waals surface area contributed by atoms with E-state index in [2.05, 4.69) is 20.7 Å². The van der Waals surface area contributed by atoms with Crippen molar-refractivity contribution in [1.29, 1.82) is 0 Å². The molecule has 1 aromatic carbocycles. The maximum atomic E-state index is 12.5. The molecule has 0 amide bonds. The Morgan fingerprint density at radius 3 is 2.48 bits per heavy atom. The minimum absolute atomic E-state index is 0.0257. The summed E-state index contributed by atoms with van der Waals surface area (Å²) in [6.07, 6.45) is -1.95. The molecule has 0 bridgehead atoms. The van der Waals surface area contributed by atoms with Crippen LogP contribution in [0, 0.1) is 5.92 Å². The normalized spacial score (nSPS) is 19.5. The van der Waals surface area contributed by atoms with Gasteiger partial charge in [-0.3, -0.25) is 0 Å². The average molecular weight is 368 g/mol. The quantitative estimate of drug-likeness (QED) is 0.848. The van der Waals surface area contributed by atoms with Crippen LogP contribution < -0.4 is 10.5 Å². The lowest BCUT2D eigenvalue weighted by atomic mass is 9.90. The summed E-state index contributed by atoms with van der Waals surface area (Å²) in [7, 11) is 0. The minimum atomic E-state index is -4.79. The van der Waals surface area contributed by atoms with E-state index in [4.69, 9.17) is 5.73 Å². The van der Waals surface area contributed by atoms with Crippen molar-refractivity contribution in [3.8, 4) is 5.75 Å². The topological polar surface area (TPSA) is 55.5 Å². The van der Waals surface area contributed by atoms with E-state index in [1.54, 1.807) is 0 Å². The summed E-state index contributed by atoms with van der Waals surface area (Å²) in [5, 5.41) is 10.3. The van der Waals surface area contributed by atoms with Gasteiger partial charge in [0.15, 0.2) is 0 Å². The van der Waals surface area contributed by atoms with E-state index in [-0.39, 0.29) is 17.2 Å². The summed E-state index contributed by atoms with van der Waals surface area (Å²) in [6, 6.07) is 3.19. The van der Waals surface area contributed by atoms with Gasteiger partial charge in [0.25, 0.3) is 0 Å². The van der Waals surface area contributed by atoms with Crippen LogP contribution >= 0.6 is 15.9 Å². The van der Waals surface area contributed by atoms with Crippen LogP contribution in [0.1, 0.15) is 37.3 Å². The molecule has 1 saturated carbocycles. The van der Waals surface area contributed by atoms with E-state index in [1.165, 1.54) is 18.2 Å². The van der Waals surface area contributed by atoms with Crippen LogP contribution in [0.2, 0.25) is 0 Å². The zero-order valence-corrected chi connectivity index (χ0v) is 12.8. The first-order valence-corrected chi connectivity index (χ1v) is 7.56. The Bertz CT molecular complexity index is 490. The highest BCUT2D eigenvalue weighted by atomic mass is 79.9. The number of benzene rings is 1. The summed E-state index contributed by atoms with van der Waals surface area (Å²) < 4.78 is 41.9. The molecular formula is C14H17BrF3NO2. The van der Waals surface area contributed by atoms with Gasteiger partial charge in [-0.15, -0.1) is 13.2 Å². The molecule has 3 N–H and O–H groups in total. The van der Waals surface area contributed by atoms with E-state index in [9.17, 15) is 18.3 Å². The third kappa shape index (κ3) is 4.34. The number of rotatable bonds is 4. The van der Waals surface area contributed by atoms with Gasteiger partial charge in [-0.25, -0.2) is 0 Å². The highest BCUT2D eigenvalue weighted by Gasteiger charge is 2.35. The van der Waals surface area contributed by atoms with Gasteiger partial charge >= 0.3 is 6.36 Å². The van der Waals surface area contributed by atoms with Gasteiger partial charge in [-0.2, -0.15) is 0 Å². The molecule has 3 nitrogen and oxygen atoms in total. The largest absolute Gasteiger partial charge is 0.573 e. The van der Waals surface area contributed by atoms with E-state index in [1.807, 2.05) is 0 Å². The Labute approximate surface area is 129 Å². The van der Waals surface area contributed by atoms with Crippen LogP contribution in [0.15, 0.2) is 22.7 Å². The molecule has 118 valence electrons. The Morgan fingerprint density at radius 1 is 1.29 bits per heavy atom. The highest BCUT2D eigenvalue weighted by molar-refractivity contribution is 9.10. The van der Waals surface area contributed by atoms with E-state index in [0.29, 0.717) is 4.47 Å². The predicted molar refractivity (Wildman–Crippen MR) is 75.7 cm³/mol. The van der Waals surface area contributed by atoms with Gasteiger partial charge in [-0.1, -0.05) is 28.8 Å². The van der Waals surface area contributed by atoms with Crippen LogP contribution in [0.3, 0.4) is 0 Å². The van der Waals surface area contributed by atoms with Crippen LogP contribution in [0.25, 0.3) is 0 Å². The molecule has 1 aliphatic carbocycles. The molecule has 2 rings (SSSR count). The number of aliphatic hydroxyl groups is 1. The molecule has 1 fully saturated rings. The first-order chi connectivity index (χ1) is 9.78. The first kappa shape index (κ1) is 16.6. The Morgan fingerprint density at radius 2 is 1.90 bits per heavy atom. The molecule has 1 aromatic rings. The van der Waals surface area contributed by atoms with Crippen LogP contribution in [0.4, 0.5) is 13.2 Å². The van der Waals surface area contributed by atoms with Crippen LogP contribution in [-0.4, -0.2) is 17.6 Å². The molecular weight excluding hydrogens is 351 g/mol. The minimum Gasteiger partial charge on any atom is -0.405 e. The second-order valence-electron chi connectivity index (χ2n) is 5.29. The lowest BCUT2D eigenvalue weighted by Crippen LogP contribution is -2.32. The molecule has 1 aliphatic rings. The fraction of sp³-hybridized carbons (Fsp3) is 0.571. The smallest absolute Gasteiger partial charge is 0.405 e. The molecule has 7 heteroatoms. The Kier molecular flexibility index (Phi) is 5.16. The van der Waals surface area contributed by atoms with Gasteiger partial charge in [-0.05, 0) is 37.0 Å². The predicted octanol–water partition coefficient (Wildman–Crippen LogP) is 3.90. The standard InChI is InChI=1S/C14H17BrF3NO2/c15-9-5-6-11(21-14(16,17)18)10(7-9)12(19)13(20)8-3-1-2-4-8/h5-8,12-13,20H,1-4,19H2/t12-,13+/m1/s1. The monoisotopic (exact) mass is 367 g/mol. The van der Waals surface area contributed by atoms with Crippen molar-refractivity contribution < 1.29 is 23.0 Å². The summed E-state index contributed by atoms with van der Waals surface area (Å²) in [5.74, 6) is -0.340. The van der Waals surface area contributed by atoms with Crippen molar-refractivity contribution in [3.63, 3.8) is 0 Å². The molecule has 0 heterocycles. The molecule has 0 spiro atoms. The summed E-state index contributed by atoms with van der Waals surface area (Å²) >= 11 is 3.20. The molecule has 21 heavy (non-hydrogen) atoms. The summed E-state index contributed by atoms with van der Waals surface area (Å²) in [6.45, 7) is 0. The average Bonchev–Trinajstić information content (AvgIpc) is 2.91. The summed E-state index contributed by atoms with van der Waals surface area (Å²) in [4.78, 5) is 0. The number of halogens is 4. The zero-order chi connectivity index (χ0) is 15.6. The third-order valence-electron chi connectivity index (χ3n) is 3.81. The third-order valence-corrected chi connectivity index (χ3v) is 4.30. The second-order valence-corrected chi connectivity index (χ2v) is 6.21. The van der Waals surface area contributed by atoms with Gasteiger partial charge < -0.3 is 15.6 Å². The Balaban J connectivity index is 2.25. The zero-order valence-electron chi connectivity index (χ0n) is 11.2. The van der Waals surface area contributed by atoms with Crippen molar-refractivity contribution in [2.75, 3.05) is 0 Å². The maximum absolute atomic E-state index is 12.5. The molecule has 0 aliphatic heterocycles. The fourth-order valence-electron chi connectivity index (χ4n) is 2.77. The number of hydrogen-bond acceptors (Lipinski definition) is 3. The van der Waals surface area contributed by atoms with Gasteiger partial charge in [0.05, 0.1) is 12.1 Å². The van der Waals surface area contributed by atoms with Crippen molar-refractivity contribution in [1.82, 2.24) is 0 Å². The first-order valence-electron chi connectivity index (χ1n) is 6.77. The van der Waals surface area contributed by atoms with Gasteiger partial charge in [0.1, 0.15) is 5.75 Å². The van der Waals surface area contributed by atoms with Gasteiger partial charge in [0, 0.05) is 10.0 Å². The van der Waals surface area contributed by atoms with Crippen molar-refractivity contribution >= 4 is 15.9 Å². The number of alkyl halides is 3. The van der Waals surface area contributed by atoms with Crippen molar-refractivity contribution in [2.24, 2.45) is 11.7 Å². The molecule has 2 atom stereocenters. The summed E-state index contributed by atoms with van der Waals surface area (Å²) in [5.41, 5.74) is 6.14. The van der Waals surface area contributed by atoms with E-state index in [0.717, 1.165) is 25.7 Å². The Hall–Kier alpha value is -0.790. The van der Waals surface area contributed by atoms with Crippen LogP contribution in [-0.2, 0) is 0 Å².